The van der Waals surface area contributed by atoms with Crippen molar-refractivity contribution in [1.29, 1.82) is 0 Å². The molecule has 0 saturated carbocycles. The average Bonchev–Trinajstić information content (AvgIpc) is 2.78. The van der Waals surface area contributed by atoms with E-state index in [1.54, 1.807) is 0 Å². The third kappa shape index (κ3) is 2.09. The summed E-state index contributed by atoms with van der Waals surface area (Å²) in [7, 11) is 2.01. The minimum absolute atomic E-state index is 0.526. The van der Waals surface area contributed by atoms with Gasteiger partial charge in [-0.2, -0.15) is 0 Å². The first-order valence-corrected chi connectivity index (χ1v) is 6.90. The summed E-state index contributed by atoms with van der Waals surface area (Å²) < 4.78 is 2.08. The normalized spacial score (nSPS) is 11.2. The fourth-order valence-electron chi connectivity index (χ4n) is 2.36. The smallest absolute Gasteiger partial charge is 0.140 e. The van der Waals surface area contributed by atoms with Crippen molar-refractivity contribution in [3.8, 4) is 11.4 Å². The zero-order valence-electron chi connectivity index (χ0n) is 11.5. The van der Waals surface area contributed by atoms with Crippen LogP contribution in [-0.2, 0) is 13.6 Å². The van der Waals surface area contributed by atoms with Crippen molar-refractivity contribution in [2.75, 3.05) is 0 Å². The molecule has 0 fully saturated rings. The van der Waals surface area contributed by atoms with Gasteiger partial charge < -0.3 is 10.3 Å². The van der Waals surface area contributed by atoms with E-state index >= 15 is 0 Å². The number of aryl methyl sites for hydroxylation is 2. The van der Waals surface area contributed by atoms with Gasteiger partial charge in [-0.05, 0) is 36.2 Å². The average molecular weight is 286 g/mol. The molecule has 0 saturated heterocycles. The zero-order valence-corrected chi connectivity index (χ0v) is 12.3. The summed E-state index contributed by atoms with van der Waals surface area (Å²) in [5, 5.41) is 0.761. The van der Waals surface area contributed by atoms with E-state index in [1.807, 2.05) is 44.3 Å². The van der Waals surface area contributed by atoms with Gasteiger partial charge in [-0.1, -0.05) is 29.8 Å². The van der Waals surface area contributed by atoms with E-state index < -0.39 is 0 Å². The number of nitrogens with two attached hydrogens (primary N) is 1. The summed E-state index contributed by atoms with van der Waals surface area (Å²) in [6.45, 7) is 2.52. The third-order valence-electron chi connectivity index (χ3n) is 3.61. The van der Waals surface area contributed by atoms with Gasteiger partial charge in [0.15, 0.2) is 0 Å². The number of benzene rings is 2. The van der Waals surface area contributed by atoms with Crippen LogP contribution in [0.15, 0.2) is 36.4 Å². The molecule has 1 aromatic heterocycles. The molecule has 0 amide bonds. The fraction of sp³-hybridized carbons (Fsp3) is 0.188. The van der Waals surface area contributed by atoms with Crippen molar-refractivity contribution >= 4 is 22.6 Å². The molecule has 0 radical (unpaired) electrons. The number of hydrogen-bond acceptors (Lipinski definition) is 2. The van der Waals surface area contributed by atoms with Crippen LogP contribution in [0.5, 0.6) is 0 Å². The molecule has 3 rings (SSSR count). The van der Waals surface area contributed by atoms with E-state index in [4.69, 9.17) is 22.3 Å². The summed E-state index contributed by atoms with van der Waals surface area (Å²) in [6.07, 6.45) is 0. The molecule has 102 valence electrons. The summed E-state index contributed by atoms with van der Waals surface area (Å²) in [4.78, 5) is 4.71. The summed E-state index contributed by atoms with van der Waals surface area (Å²) in [5.74, 6) is 0.913. The van der Waals surface area contributed by atoms with Gasteiger partial charge in [-0.15, -0.1) is 0 Å². The van der Waals surface area contributed by atoms with Gasteiger partial charge in [-0.3, -0.25) is 0 Å². The van der Waals surface area contributed by atoms with E-state index in [9.17, 15) is 0 Å². The lowest BCUT2D eigenvalue weighted by molar-refractivity contribution is 0.959. The van der Waals surface area contributed by atoms with Crippen LogP contribution in [-0.4, -0.2) is 9.55 Å². The van der Waals surface area contributed by atoms with Gasteiger partial charge in [0.2, 0.25) is 0 Å². The molecule has 0 spiro atoms. The first-order valence-electron chi connectivity index (χ1n) is 6.52. The molecular weight excluding hydrogens is 270 g/mol. The number of hydrogen-bond donors (Lipinski definition) is 1. The van der Waals surface area contributed by atoms with Gasteiger partial charge in [0, 0.05) is 24.2 Å². The molecule has 3 nitrogen and oxygen atoms in total. The van der Waals surface area contributed by atoms with E-state index in [1.165, 1.54) is 0 Å². The van der Waals surface area contributed by atoms with Gasteiger partial charge in [-0.25, -0.2) is 4.98 Å². The highest BCUT2D eigenvalue weighted by Crippen LogP contribution is 2.27. The van der Waals surface area contributed by atoms with Crippen LogP contribution in [0.25, 0.3) is 22.4 Å². The van der Waals surface area contributed by atoms with E-state index in [0.29, 0.717) is 6.54 Å². The second-order valence-corrected chi connectivity index (χ2v) is 5.39. The van der Waals surface area contributed by atoms with Gasteiger partial charge in [0.25, 0.3) is 0 Å². The monoisotopic (exact) mass is 285 g/mol. The Hall–Kier alpha value is -1.84. The van der Waals surface area contributed by atoms with E-state index in [-0.39, 0.29) is 0 Å². The van der Waals surface area contributed by atoms with Gasteiger partial charge in [0.05, 0.1) is 11.0 Å². The highest BCUT2D eigenvalue weighted by Gasteiger charge is 2.11. The number of imidazole rings is 1. The number of nitrogens with zero attached hydrogens (tertiary/aromatic N) is 2. The Bertz CT molecular complexity index is 790. The number of rotatable bonds is 2. The van der Waals surface area contributed by atoms with Crippen LogP contribution in [0.4, 0.5) is 0 Å². The quantitative estimate of drug-likeness (QED) is 0.781. The molecule has 2 N–H and O–H groups in total. The molecule has 3 aromatic rings. The summed E-state index contributed by atoms with van der Waals surface area (Å²) in [5.41, 5.74) is 10.9. The lowest BCUT2D eigenvalue weighted by Gasteiger charge is -2.04. The van der Waals surface area contributed by atoms with Crippen molar-refractivity contribution in [2.45, 2.75) is 13.5 Å². The van der Waals surface area contributed by atoms with Crippen molar-refractivity contribution in [2.24, 2.45) is 12.8 Å². The molecule has 0 aliphatic heterocycles. The third-order valence-corrected chi connectivity index (χ3v) is 4.02. The van der Waals surface area contributed by atoms with Crippen molar-refractivity contribution < 1.29 is 0 Å². The second kappa shape index (κ2) is 4.93. The van der Waals surface area contributed by atoms with Crippen LogP contribution < -0.4 is 5.73 Å². The fourth-order valence-corrected chi connectivity index (χ4v) is 2.54. The number of halogens is 1. The Morgan fingerprint density at radius 1 is 1.20 bits per heavy atom. The van der Waals surface area contributed by atoms with Crippen LogP contribution in [0.3, 0.4) is 0 Å². The van der Waals surface area contributed by atoms with Crippen LogP contribution >= 0.6 is 11.6 Å². The predicted molar refractivity (Wildman–Crippen MR) is 83.8 cm³/mol. The van der Waals surface area contributed by atoms with E-state index in [0.717, 1.165) is 38.6 Å². The largest absolute Gasteiger partial charge is 0.327 e. The molecule has 0 bridgehead atoms. The molecule has 0 unspecified atom stereocenters. The molecular formula is C16H16ClN3. The molecule has 0 aliphatic carbocycles. The SMILES string of the molecule is Cc1ccc(-c2nc3cc(CN)ccc3n2C)cc1Cl. The van der Waals surface area contributed by atoms with Gasteiger partial charge in [0.1, 0.15) is 5.82 Å². The number of aromatic nitrogens is 2. The lowest BCUT2D eigenvalue weighted by atomic mass is 10.1. The first-order chi connectivity index (χ1) is 9.60. The van der Waals surface area contributed by atoms with Gasteiger partial charge >= 0.3 is 0 Å². The zero-order chi connectivity index (χ0) is 14.3. The molecule has 4 heteroatoms. The predicted octanol–water partition coefficient (Wildman–Crippen LogP) is 3.66. The molecule has 1 heterocycles. The Morgan fingerprint density at radius 2 is 2.00 bits per heavy atom. The maximum Gasteiger partial charge on any atom is 0.140 e. The maximum atomic E-state index is 6.21. The molecule has 0 atom stereocenters. The Labute approximate surface area is 123 Å². The van der Waals surface area contributed by atoms with Crippen molar-refractivity contribution in [1.82, 2.24) is 9.55 Å². The van der Waals surface area contributed by atoms with E-state index in [2.05, 4.69) is 10.6 Å². The number of fused-ring (bicyclic) bond motifs is 1. The molecule has 0 aliphatic rings. The Kier molecular flexibility index (Phi) is 3.24. The Morgan fingerprint density at radius 3 is 2.70 bits per heavy atom. The summed E-state index contributed by atoms with van der Waals surface area (Å²) in [6, 6.07) is 12.2. The van der Waals surface area contributed by atoms with Crippen molar-refractivity contribution in [3.63, 3.8) is 0 Å². The summed E-state index contributed by atoms with van der Waals surface area (Å²) >= 11 is 6.21. The minimum atomic E-state index is 0.526. The lowest BCUT2D eigenvalue weighted by Crippen LogP contribution is -1.95. The highest BCUT2D eigenvalue weighted by molar-refractivity contribution is 6.31. The molecule has 2 aromatic carbocycles. The van der Waals surface area contributed by atoms with Crippen LogP contribution in [0, 0.1) is 6.92 Å². The molecule has 20 heavy (non-hydrogen) atoms. The van der Waals surface area contributed by atoms with Crippen LogP contribution in [0.1, 0.15) is 11.1 Å². The first kappa shape index (κ1) is 13.2. The Balaban J connectivity index is 2.20. The second-order valence-electron chi connectivity index (χ2n) is 4.99. The maximum absolute atomic E-state index is 6.21. The highest BCUT2D eigenvalue weighted by atomic mass is 35.5. The van der Waals surface area contributed by atoms with Crippen molar-refractivity contribution in [3.05, 3.63) is 52.5 Å². The minimum Gasteiger partial charge on any atom is -0.327 e. The topological polar surface area (TPSA) is 43.8 Å². The van der Waals surface area contributed by atoms with Crippen LogP contribution in [0.2, 0.25) is 5.02 Å². The standard InChI is InChI=1S/C16H16ClN3/c1-10-3-5-12(8-13(10)17)16-19-14-7-11(9-18)4-6-15(14)20(16)2/h3-8H,9,18H2,1-2H3.